The van der Waals surface area contributed by atoms with Crippen LogP contribution in [0.5, 0.6) is 0 Å². The van der Waals surface area contributed by atoms with Crippen molar-refractivity contribution >= 4 is 20.3 Å². The molecule has 60 valence electrons. The van der Waals surface area contributed by atoms with E-state index in [1.54, 1.807) is 23.3 Å². The van der Waals surface area contributed by atoms with Crippen molar-refractivity contribution in [3.63, 3.8) is 0 Å². The van der Waals surface area contributed by atoms with Crippen LogP contribution in [0.25, 0.3) is 0 Å². The second kappa shape index (κ2) is 5.45. The molecule has 0 aliphatic carbocycles. The number of hydrogen-bond donors (Lipinski definition) is 0. The van der Waals surface area contributed by atoms with Gasteiger partial charge in [-0.15, -0.1) is 0 Å². The van der Waals surface area contributed by atoms with Crippen molar-refractivity contribution in [2.45, 2.75) is 10.6 Å². The van der Waals surface area contributed by atoms with Gasteiger partial charge in [-0.1, -0.05) is 0 Å². The third kappa shape index (κ3) is 3.35. The molecule has 0 atom stereocenters. The second-order valence-corrected chi connectivity index (χ2v) is 5.45. The van der Waals surface area contributed by atoms with E-state index in [0.717, 1.165) is 5.75 Å². The first-order valence-electron chi connectivity index (χ1n) is 3.23. The molecule has 0 fully saturated rings. The monoisotopic (exact) mass is 379 g/mol. The summed E-state index contributed by atoms with van der Waals surface area (Å²) in [5, 5.41) is 0. The Hall–Kier alpha value is 0.803. The zero-order chi connectivity index (χ0) is 8.10. The van der Waals surface area contributed by atoms with Crippen molar-refractivity contribution < 1.29 is 23.3 Å². The van der Waals surface area contributed by atoms with Crippen LogP contribution < -0.4 is 0 Å². The van der Waals surface area contributed by atoms with Gasteiger partial charge in [-0.2, -0.15) is 0 Å². The Labute approximate surface area is 89.6 Å². The predicted octanol–water partition coefficient (Wildman–Crippen LogP) is 3.11. The molecular formula is C8H9AtS2. The summed E-state index contributed by atoms with van der Waals surface area (Å²) < 4.78 is 0. The Kier molecular flexibility index (Phi) is 4.90. The van der Waals surface area contributed by atoms with E-state index in [4.69, 9.17) is 0 Å². The number of benzene rings is 1. The van der Waals surface area contributed by atoms with Crippen LogP contribution in [-0.2, 0) is 5.75 Å². The molecule has 1 rings (SSSR count). The standard InChI is InChI=1S/C8H9AtS2/c1-10-6-7-2-4-8(11-9)5-3-7/h2-5H,6H2,1H3. The fourth-order valence-electron chi connectivity index (χ4n) is 0.804. The minimum atomic E-state index is 1.12. The zero-order valence-electron chi connectivity index (χ0n) is 6.21. The third-order valence-electron chi connectivity index (χ3n) is 1.32. The molecule has 11 heavy (non-hydrogen) atoms. The Morgan fingerprint density at radius 2 is 1.91 bits per heavy atom. The van der Waals surface area contributed by atoms with Crippen molar-refractivity contribution in [2.24, 2.45) is 0 Å². The summed E-state index contributed by atoms with van der Waals surface area (Å²) in [5.74, 6) is 1.12. The molecule has 0 radical (unpaired) electrons. The fraction of sp³-hybridized carbons (Fsp3) is 0.250. The van der Waals surface area contributed by atoms with Crippen LogP contribution in [0.15, 0.2) is 29.2 Å². The van der Waals surface area contributed by atoms with Gasteiger partial charge in [0.1, 0.15) is 0 Å². The Balaban J connectivity index is 2.66. The Bertz CT molecular complexity index is 208. The first kappa shape index (κ1) is 9.89. The van der Waals surface area contributed by atoms with Crippen LogP contribution in [0.1, 0.15) is 5.56 Å². The average Bonchev–Trinajstić information content (AvgIpc) is 2.07. The maximum absolute atomic E-state index is 2.21. The minimum absolute atomic E-state index is 1.12. The molecular weight excluding hydrogens is 370 g/mol. The van der Waals surface area contributed by atoms with Gasteiger partial charge in [-0.3, -0.25) is 0 Å². The quantitative estimate of drug-likeness (QED) is 0.792. The summed E-state index contributed by atoms with van der Waals surface area (Å²) in [6.45, 7) is 0. The van der Waals surface area contributed by atoms with Crippen LogP contribution in [0.4, 0.5) is 0 Å². The summed E-state index contributed by atoms with van der Waals surface area (Å²) >= 11 is 3.60. The van der Waals surface area contributed by atoms with Gasteiger partial charge in [0.05, 0.1) is 0 Å². The molecule has 0 saturated carbocycles. The van der Waals surface area contributed by atoms with E-state index in [-0.39, 0.29) is 0 Å². The molecule has 3 heteroatoms. The van der Waals surface area contributed by atoms with Gasteiger partial charge in [-0.05, 0) is 0 Å². The summed E-state index contributed by atoms with van der Waals surface area (Å²) in [6, 6.07) is 8.79. The molecule has 0 amide bonds. The summed E-state index contributed by atoms with van der Waals surface area (Å²) in [7, 11) is 1.84. The molecule has 0 N–H and O–H groups in total. The van der Waals surface area contributed by atoms with Crippen LogP contribution in [0, 0.1) is 23.3 Å². The van der Waals surface area contributed by atoms with Crippen molar-refractivity contribution in [3.05, 3.63) is 29.8 Å². The summed E-state index contributed by atoms with van der Waals surface area (Å²) in [6.07, 6.45) is 2.13. The normalized spacial score (nSPS) is 10.0. The first-order chi connectivity index (χ1) is 5.36. The molecule has 0 saturated heterocycles. The SMILES string of the molecule is CSCc1ccc(S[At])cc1. The zero-order valence-corrected chi connectivity index (χ0v) is 10.8. The molecule has 0 aliphatic rings. The number of hydrogen-bond acceptors (Lipinski definition) is 2. The molecule has 0 bridgehead atoms. The van der Waals surface area contributed by atoms with E-state index >= 15 is 0 Å². The Morgan fingerprint density at radius 3 is 2.36 bits per heavy atom. The van der Waals surface area contributed by atoms with E-state index in [9.17, 15) is 0 Å². The summed E-state index contributed by atoms with van der Waals surface area (Å²) in [5.41, 5.74) is 1.42. The predicted molar refractivity (Wildman–Crippen MR) is 49.5 cm³/mol. The summed E-state index contributed by atoms with van der Waals surface area (Å²) in [4.78, 5) is 1.37. The molecule has 0 nitrogen and oxygen atoms in total. The first-order valence-corrected chi connectivity index (χ1v) is 8.94. The van der Waals surface area contributed by atoms with E-state index in [0.29, 0.717) is 0 Å². The van der Waals surface area contributed by atoms with Crippen LogP contribution >= 0.6 is 20.3 Å². The van der Waals surface area contributed by atoms with Gasteiger partial charge < -0.3 is 0 Å². The van der Waals surface area contributed by atoms with Gasteiger partial charge in [0.2, 0.25) is 0 Å². The van der Waals surface area contributed by atoms with Gasteiger partial charge >= 0.3 is 90.3 Å². The van der Waals surface area contributed by atoms with Crippen molar-refractivity contribution in [3.8, 4) is 0 Å². The molecule has 0 unspecified atom stereocenters. The van der Waals surface area contributed by atoms with Gasteiger partial charge in [0, 0.05) is 0 Å². The molecule has 0 spiro atoms. The van der Waals surface area contributed by atoms with E-state index in [1.807, 2.05) is 20.3 Å². The second-order valence-electron chi connectivity index (χ2n) is 2.15. The van der Waals surface area contributed by atoms with Gasteiger partial charge in [-0.25, -0.2) is 0 Å². The van der Waals surface area contributed by atoms with Crippen molar-refractivity contribution in [1.82, 2.24) is 0 Å². The molecule has 0 aliphatic heterocycles. The van der Waals surface area contributed by atoms with E-state index < -0.39 is 0 Å². The van der Waals surface area contributed by atoms with Crippen molar-refractivity contribution in [1.29, 1.82) is 0 Å². The number of thioether (sulfide) groups is 1. The molecule has 1 aromatic rings. The van der Waals surface area contributed by atoms with Crippen LogP contribution in [0.3, 0.4) is 0 Å². The number of rotatable bonds is 3. The Morgan fingerprint density at radius 1 is 1.27 bits per heavy atom. The van der Waals surface area contributed by atoms with Crippen molar-refractivity contribution in [2.75, 3.05) is 6.26 Å². The van der Waals surface area contributed by atoms with E-state index in [2.05, 4.69) is 30.5 Å². The molecule has 0 aromatic heterocycles. The van der Waals surface area contributed by atoms with Gasteiger partial charge in [0.15, 0.2) is 0 Å². The molecule has 1 aromatic carbocycles. The van der Waals surface area contributed by atoms with Crippen LogP contribution in [-0.4, -0.2) is 6.26 Å². The molecule has 0 heterocycles. The maximum atomic E-state index is 2.21. The van der Waals surface area contributed by atoms with Crippen LogP contribution in [0.2, 0.25) is 0 Å². The topological polar surface area (TPSA) is 0 Å². The third-order valence-corrected chi connectivity index (χ3v) is 4.47. The van der Waals surface area contributed by atoms with Gasteiger partial charge in [0.25, 0.3) is 0 Å². The fourth-order valence-corrected chi connectivity index (χ4v) is 2.77. The average molecular weight is 379 g/mol. The van der Waals surface area contributed by atoms with E-state index in [1.165, 1.54) is 10.5 Å².